The molecule has 0 radical (unpaired) electrons. The maximum Gasteiger partial charge on any atom is 0.239 e. The molecule has 0 aliphatic carbocycles. The van der Waals surface area contributed by atoms with Crippen LogP contribution in [0.25, 0.3) is 0 Å². The average molecular weight is 248 g/mol. The number of sulfone groups is 1. The van der Waals surface area contributed by atoms with E-state index in [1.54, 1.807) is 4.90 Å². The highest BCUT2D eigenvalue weighted by Crippen LogP contribution is 2.10. The number of hydrogen-bond acceptors (Lipinski definition) is 4. The van der Waals surface area contributed by atoms with E-state index in [0.717, 1.165) is 38.6 Å². The molecule has 0 spiro atoms. The van der Waals surface area contributed by atoms with Crippen LogP contribution in [0.2, 0.25) is 0 Å². The monoisotopic (exact) mass is 248 g/mol. The van der Waals surface area contributed by atoms with Gasteiger partial charge < -0.3 is 10.6 Å². The SMILES string of the molecule is CS(=O)(=O)CCC(N)C(=O)N1CCCCC1. The van der Waals surface area contributed by atoms with Crippen molar-refractivity contribution in [3.8, 4) is 0 Å². The Balaban J connectivity index is 2.40. The van der Waals surface area contributed by atoms with Gasteiger partial charge >= 0.3 is 0 Å². The summed E-state index contributed by atoms with van der Waals surface area (Å²) < 4.78 is 21.9. The maximum absolute atomic E-state index is 11.8. The van der Waals surface area contributed by atoms with Crippen LogP contribution in [0.4, 0.5) is 0 Å². The molecule has 0 bridgehead atoms. The van der Waals surface area contributed by atoms with Crippen LogP contribution in [0.15, 0.2) is 0 Å². The van der Waals surface area contributed by atoms with E-state index < -0.39 is 15.9 Å². The van der Waals surface area contributed by atoms with Crippen LogP contribution in [0.1, 0.15) is 25.7 Å². The lowest BCUT2D eigenvalue weighted by Crippen LogP contribution is -2.46. The van der Waals surface area contributed by atoms with Gasteiger partial charge in [0.2, 0.25) is 5.91 Å². The fourth-order valence-corrected chi connectivity index (χ4v) is 2.50. The van der Waals surface area contributed by atoms with E-state index in [4.69, 9.17) is 5.73 Å². The van der Waals surface area contributed by atoms with Crippen LogP contribution >= 0.6 is 0 Å². The van der Waals surface area contributed by atoms with E-state index >= 15 is 0 Å². The minimum atomic E-state index is -3.03. The lowest BCUT2D eigenvalue weighted by atomic mass is 10.1. The summed E-state index contributed by atoms with van der Waals surface area (Å²) in [6, 6.07) is -0.673. The van der Waals surface area contributed by atoms with Crippen molar-refractivity contribution < 1.29 is 13.2 Å². The molecule has 0 aromatic carbocycles. The van der Waals surface area contributed by atoms with E-state index in [2.05, 4.69) is 0 Å². The van der Waals surface area contributed by atoms with Gasteiger partial charge in [0.25, 0.3) is 0 Å². The molecule has 2 N–H and O–H groups in total. The van der Waals surface area contributed by atoms with Crippen LogP contribution in [-0.4, -0.2) is 50.4 Å². The van der Waals surface area contributed by atoms with E-state index in [1.165, 1.54) is 0 Å². The molecule has 0 aromatic heterocycles. The Morgan fingerprint density at radius 2 is 1.88 bits per heavy atom. The summed E-state index contributed by atoms with van der Waals surface area (Å²) in [5.74, 6) is -0.128. The molecule has 1 unspecified atom stereocenters. The molecule has 1 saturated heterocycles. The third-order valence-electron chi connectivity index (χ3n) is 2.78. The van der Waals surface area contributed by atoms with Crippen molar-refractivity contribution in [3.63, 3.8) is 0 Å². The second kappa shape index (κ2) is 5.63. The Labute approximate surface area is 96.9 Å². The molecule has 1 atom stereocenters. The third kappa shape index (κ3) is 4.49. The topological polar surface area (TPSA) is 80.5 Å². The molecule has 6 heteroatoms. The highest BCUT2D eigenvalue weighted by Gasteiger charge is 2.23. The largest absolute Gasteiger partial charge is 0.341 e. The van der Waals surface area contributed by atoms with E-state index in [0.29, 0.717) is 0 Å². The van der Waals surface area contributed by atoms with Crippen molar-refractivity contribution in [1.82, 2.24) is 4.90 Å². The fourth-order valence-electron chi connectivity index (χ4n) is 1.81. The second-order valence-electron chi connectivity index (χ2n) is 4.41. The zero-order valence-electron chi connectivity index (χ0n) is 9.68. The van der Waals surface area contributed by atoms with E-state index in [-0.39, 0.29) is 18.1 Å². The molecule has 94 valence electrons. The van der Waals surface area contributed by atoms with Gasteiger partial charge in [0.15, 0.2) is 0 Å². The molecular formula is C10H20N2O3S. The molecule has 1 rings (SSSR count). The molecule has 1 aliphatic heterocycles. The third-order valence-corrected chi connectivity index (χ3v) is 3.76. The second-order valence-corrected chi connectivity index (χ2v) is 6.67. The van der Waals surface area contributed by atoms with Crippen molar-refractivity contribution in [2.45, 2.75) is 31.7 Å². The van der Waals surface area contributed by atoms with Gasteiger partial charge in [-0.2, -0.15) is 0 Å². The molecule has 1 fully saturated rings. The summed E-state index contributed by atoms with van der Waals surface area (Å²) in [5.41, 5.74) is 5.70. The van der Waals surface area contributed by atoms with Crippen molar-refractivity contribution in [3.05, 3.63) is 0 Å². The lowest BCUT2D eigenvalue weighted by molar-refractivity contribution is -0.133. The van der Waals surface area contributed by atoms with Crippen LogP contribution in [0.3, 0.4) is 0 Å². The van der Waals surface area contributed by atoms with Crippen molar-refractivity contribution in [1.29, 1.82) is 0 Å². The predicted octanol–water partition coefficient (Wildman–Crippen LogP) is -0.239. The van der Waals surface area contributed by atoms with Gasteiger partial charge in [-0.3, -0.25) is 4.79 Å². The zero-order valence-corrected chi connectivity index (χ0v) is 10.5. The van der Waals surface area contributed by atoms with E-state index in [1.807, 2.05) is 0 Å². The Morgan fingerprint density at radius 3 is 2.38 bits per heavy atom. The van der Waals surface area contributed by atoms with Crippen molar-refractivity contribution in [2.75, 3.05) is 25.1 Å². The Kier molecular flexibility index (Phi) is 4.73. The minimum absolute atomic E-state index is 0.0201. The number of carbonyl (C=O) groups excluding carboxylic acids is 1. The first-order valence-electron chi connectivity index (χ1n) is 5.62. The highest BCUT2D eigenvalue weighted by atomic mass is 32.2. The summed E-state index contributed by atoms with van der Waals surface area (Å²) in [5, 5.41) is 0. The molecule has 0 saturated carbocycles. The first-order chi connectivity index (χ1) is 7.40. The number of likely N-dealkylation sites (tertiary alicyclic amines) is 1. The summed E-state index contributed by atoms with van der Waals surface area (Å²) in [7, 11) is -3.03. The number of amides is 1. The molecule has 1 heterocycles. The molecule has 1 amide bonds. The van der Waals surface area contributed by atoms with Gasteiger partial charge in [-0.15, -0.1) is 0 Å². The standard InChI is InChI=1S/C10H20N2O3S/c1-16(14,15)8-5-9(11)10(13)12-6-3-2-4-7-12/h9H,2-8,11H2,1H3. The number of hydrogen-bond donors (Lipinski definition) is 1. The number of carbonyl (C=O) groups is 1. The summed E-state index contributed by atoms with van der Waals surface area (Å²) in [6.07, 6.45) is 4.57. The first-order valence-corrected chi connectivity index (χ1v) is 7.68. The molecular weight excluding hydrogens is 228 g/mol. The summed E-state index contributed by atoms with van der Waals surface area (Å²) >= 11 is 0. The zero-order chi connectivity index (χ0) is 12.2. The quantitative estimate of drug-likeness (QED) is 0.744. The number of piperidine rings is 1. The lowest BCUT2D eigenvalue weighted by Gasteiger charge is -2.29. The van der Waals surface area contributed by atoms with Gasteiger partial charge in [0.05, 0.1) is 11.8 Å². The number of nitrogens with two attached hydrogens (primary N) is 1. The van der Waals surface area contributed by atoms with Gasteiger partial charge in [-0.1, -0.05) is 0 Å². The van der Waals surface area contributed by atoms with Crippen LogP contribution in [0.5, 0.6) is 0 Å². The predicted molar refractivity (Wildman–Crippen MR) is 62.7 cm³/mol. The fraction of sp³-hybridized carbons (Fsp3) is 0.900. The van der Waals surface area contributed by atoms with Crippen LogP contribution in [-0.2, 0) is 14.6 Å². The number of rotatable bonds is 4. The summed E-state index contributed by atoms with van der Waals surface area (Å²) in [4.78, 5) is 13.6. The van der Waals surface area contributed by atoms with Crippen LogP contribution < -0.4 is 5.73 Å². The van der Waals surface area contributed by atoms with Gasteiger partial charge in [0, 0.05) is 19.3 Å². The Bertz CT molecular complexity index is 334. The smallest absolute Gasteiger partial charge is 0.239 e. The molecule has 5 nitrogen and oxygen atoms in total. The highest BCUT2D eigenvalue weighted by molar-refractivity contribution is 7.90. The Hall–Kier alpha value is -0.620. The average Bonchev–Trinajstić information content (AvgIpc) is 2.25. The Morgan fingerprint density at radius 1 is 1.31 bits per heavy atom. The molecule has 16 heavy (non-hydrogen) atoms. The first kappa shape index (κ1) is 13.4. The van der Waals surface area contributed by atoms with Crippen molar-refractivity contribution >= 4 is 15.7 Å². The number of nitrogens with zero attached hydrogens (tertiary/aromatic N) is 1. The van der Waals surface area contributed by atoms with Crippen molar-refractivity contribution in [2.24, 2.45) is 5.73 Å². The molecule has 0 aromatic rings. The van der Waals surface area contributed by atoms with Gasteiger partial charge in [0.1, 0.15) is 9.84 Å². The van der Waals surface area contributed by atoms with E-state index in [9.17, 15) is 13.2 Å². The van der Waals surface area contributed by atoms with Gasteiger partial charge in [-0.05, 0) is 25.7 Å². The van der Waals surface area contributed by atoms with Crippen LogP contribution in [0, 0.1) is 0 Å². The maximum atomic E-state index is 11.8. The normalized spacial score (nSPS) is 19.5. The van der Waals surface area contributed by atoms with Gasteiger partial charge in [-0.25, -0.2) is 8.42 Å². The molecule has 1 aliphatic rings. The summed E-state index contributed by atoms with van der Waals surface area (Å²) in [6.45, 7) is 1.51. The minimum Gasteiger partial charge on any atom is -0.341 e.